The highest BCUT2D eigenvalue weighted by molar-refractivity contribution is 5.64. The van der Waals surface area contributed by atoms with Gasteiger partial charge in [0.05, 0.1) is 10.5 Å². The van der Waals surface area contributed by atoms with Gasteiger partial charge >= 0.3 is 11.8 Å². The molecule has 1 saturated carbocycles. The van der Waals surface area contributed by atoms with Crippen LogP contribution in [0.3, 0.4) is 0 Å². The first-order valence-electron chi connectivity index (χ1n) is 6.72. The van der Waals surface area contributed by atoms with Gasteiger partial charge in [-0.3, -0.25) is 14.8 Å². The van der Waals surface area contributed by atoms with E-state index in [0.717, 1.165) is 10.9 Å². The van der Waals surface area contributed by atoms with Crippen molar-refractivity contribution in [3.8, 4) is 0 Å². The van der Waals surface area contributed by atoms with E-state index in [0.29, 0.717) is 0 Å². The van der Waals surface area contributed by atoms with Crippen molar-refractivity contribution in [2.24, 2.45) is 7.05 Å². The molecule has 1 aromatic rings. The SMILES string of the molecule is Cn1ncc([N+](=O)[O-])c1C1(F)CCC(O)(CNC(=O)O)CC1. The van der Waals surface area contributed by atoms with Crippen molar-refractivity contribution in [2.45, 2.75) is 37.0 Å². The number of aromatic nitrogens is 2. The molecular formula is C12H17FN4O5. The molecule has 22 heavy (non-hydrogen) atoms. The van der Waals surface area contributed by atoms with Crippen LogP contribution in [0.2, 0.25) is 0 Å². The number of amides is 1. The number of aliphatic hydroxyl groups is 1. The summed E-state index contributed by atoms with van der Waals surface area (Å²) in [5, 5.41) is 35.6. The molecule has 1 aliphatic carbocycles. The summed E-state index contributed by atoms with van der Waals surface area (Å²) in [4.78, 5) is 20.8. The number of halogens is 1. The number of rotatable bonds is 4. The Hall–Kier alpha value is -2.23. The summed E-state index contributed by atoms with van der Waals surface area (Å²) in [7, 11) is 1.43. The monoisotopic (exact) mass is 316 g/mol. The number of alkyl halides is 1. The summed E-state index contributed by atoms with van der Waals surface area (Å²) < 4.78 is 16.3. The summed E-state index contributed by atoms with van der Waals surface area (Å²) in [5.74, 6) is 0. The van der Waals surface area contributed by atoms with Crippen LogP contribution in [0.15, 0.2) is 6.20 Å². The Morgan fingerprint density at radius 3 is 2.64 bits per heavy atom. The van der Waals surface area contributed by atoms with Gasteiger partial charge in [-0.1, -0.05) is 0 Å². The Morgan fingerprint density at radius 1 is 1.55 bits per heavy atom. The highest BCUT2D eigenvalue weighted by atomic mass is 19.1. The van der Waals surface area contributed by atoms with E-state index in [4.69, 9.17) is 5.11 Å². The second-order valence-electron chi connectivity index (χ2n) is 5.61. The lowest BCUT2D eigenvalue weighted by atomic mass is 9.75. The van der Waals surface area contributed by atoms with Crippen molar-refractivity contribution >= 4 is 11.8 Å². The molecule has 0 unspecified atom stereocenters. The lowest BCUT2D eigenvalue weighted by Gasteiger charge is -2.39. The molecule has 0 aliphatic heterocycles. The van der Waals surface area contributed by atoms with E-state index in [-0.39, 0.29) is 43.6 Å². The van der Waals surface area contributed by atoms with E-state index in [1.807, 2.05) is 0 Å². The quantitative estimate of drug-likeness (QED) is 0.562. The Bertz CT molecular complexity index is 594. The number of carboxylic acid groups (broad SMARTS) is 1. The first-order chi connectivity index (χ1) is 10.2. The Kier molecular flexibility index (Phi) is 4.05. The molecule has 0 saturated heterocycles. The van der Waals surface area contributed by atoms with Gasteiger partial charge in [0.2, 0.25) is 0 Å². The number of hydrogen-bond donors (Lipinski definition) is 3. The average molecular weight is 316 g/mol. The summed E-state index contributed by atoms with van der Waals surface area (Å²) in [6.07, 6.45) is -0.578. The molecule has 1 fully saturated rings. The lowest BCUT2D eigenvalue weighted by molar-refractivity contribution is -0.386. The maximum atomic E-state index is 15.1. The van der Waals surface area contributed by atoms with Crippen LogP contribution in [0.4, 0.5) is 14.9 Å². The number of nitrogens with one attached hydrogen (secondary N) is 1. The van der Waals surface area contributed by atoms with Crippen LogP contribution in [0.1, 0.15) is 31.4 Å². The number of aryl methyl sites for hydroxylation is 1. The van der Waals surface area contributed by atoms with Crippen molar-refractivity contribution in [3.63, 3.8) is 0 Å². The molecule has 1 amide bonds. The summed E-state index contributed by atoms with van der Waals surface area (Å²) >= 11 is 0. The molecule has 1 aromatic heterocycles. The fourth-order valence-corrected chi connectivity index (χ4v) is 2.84. The van der Waals surface area contributed by atoms with Crippen LogP contribution < -0.4 is 5.32 Å². The zero-order valence-corrected chi connectivity index (χ0v) is 12.0. The highest BCUT2D eigenvalue weighted by Crippen LogP contribution is 2.46. The zero-order valence-electron chi connectivity index (χ0n) is 12.0. The van der Waals surface area contributed by atoms with Gasteiger partial charge in [-0.15, -0.1) is 0 Å². The minimum atomic E-state index is -1.97. The van der Waals surface area contributed by atoms with E-state index in [1.165, 1.54) is 7.05 Å². The lowest BCUT2D eigenvalue weighted by Crippen LogP contribution is -2.47. The molecule has 3 N–H and O–H groups in total. The van der Waals surface area contributed by atoms with Gasteiger partial charge in [0.25, 0.3) is 0 Å². The average Bonchev–Trinajstić information content (AvgIpc) is 2.84. The molecule has 1 heterocycles. The van der Waals surface area contributed by atoms with E-state index in [1.54, 1.807) is 0 Å². The number of hydrogen-bond acceptors (Lipinski definition) is 5. The molecule has 2 rings (SSSR count). The van der Waals surface area contributed by atoms with E-state index < -0.39 is 22.3 Å². The second-order valence-corrected chi connectivity index (χ2v) is 5.61. The van der Waals surface area contributed by atoms with Gasteiger partial charge in [-0.2, -0.15) is 5.10 Å². The smallest absolute Gasteiger partial charge is 0.404 e. The topological polar surface area (TPSA) is 131 Å². The standard InChI is InChI=1S/C12H17FN4O5/c1-16-9(8(6-15-16)17(21)22)12(13)4-2-11(20,3-5-12)7-14-10(18)19/h6,14,20H,2-5,7H2,1H3,(H,18,19). The van der Waals surface area contributed by atoms with E-state index in [2.05, 4.69) is 10.4 Å². The van der Waals surface area contributed by atoms with E-state index >= 15 is 4.39 Å². The van der Waals surface area contributed by atoms with Gasteiger partial charge in [0, 0.05) is 13.6 Å². The van der Waals surface area contributed by atoms with Gasteiger partial charge in [-0.05, 0) is 25.7 Å². The molecule has 0 bridgehead atoms. The molecule has 1 aliphatic rings. The third-order valence-corrected chi connectivity index (χ3v) is 4.08. The Labute approximate surface area is 124 Å². The third kappa shape index (κ3) is 3.01. The van der Waals surface area contributed by atoms with Crippen LogP contribution in [0.5, 0.6) is 0 Å². The van der Waals surface area contributed by atoms with Crippen molar-refractivity contribution < 1.29 is 24.3 Å². The summed E-state index contributed by atoms with van der Waals surface area (Å²) in [6.45, 7) is -0.202. The first kappa shape index (κ1) is 16.1. The highest BCUT2D eigenvalue weighted by Gasteiger charge is 2.48. The van der Waals surface area contributed by atoms with Crippen LogP contribution >= 0.6 is 0 Å². The predicted molar refractivity (Wildman–Crippen MR) is 72.1 cm³/mol. The molecule has 9 nitrogen and oxygen atoms in total. The summed E-state index contributed by atoms with van der Waals surface area (Å²) in [5.41, 5.74) is -3.82. The van der Waals surface area contributed by atoms with Crippen LogP contribution in [0, 0.1) is 10.1 Å². The van der Waals surface area contributed by atoms with Gasteiger partial charge in [0.1, 0.15) is 6.20 Å². The molecule has 0 atom stereocenters. The van der Waals surface area contributed by atoms with Crippen molar-refractivity contribution in [2.75, 3.05) is 6.54 Å². The maximum Gasteiger partial charge on any atom is 0.404 e. The van der Waals surface area contributed by atoms with Gasteiger partial charge in [0.15, 0.2) is 11.4 Å². The Balaban J connectivity index is 2.17. The number of carbonyl (C=O) groups is 1. The predicted octanol–water partition coefficient (Wildman–Crippen LogP) is 1.07. The summed E-state index contributed by atoms with van der Waals surface area (Å²) in [6, 6.07) is 0. The molecule has 0 aromatic carbocycles. The Morgan fingerprint density at radius 2 is 2.14 bits per heavy atom. The van der Waals surface area contributed by atoms with Crippen LogP contribution in [-0.2, 0) is 12.7 Å². The molecule has 0 spiro atoms. The molecule has 0 radical (unpaired) electrons. The van der Waals surface area contributed by atoms with Gasteiger partial charge < -0.3 is 15.5 Å². The minimum absolute atomic E-state index is 0.00782. The number of nitrogens with zero attached hydrogens (tertiary/aromatic N) is 3. The normalized spacial score (nSPS) is 28.3. The first-order valence-corrected chi connectivity index (χ1v) is 6.72. The molecular weight excluding hydrogens is 299 g/mol. The fourth-order valence-electron chi connectivity index (χ4n) is 2.84. The van der Waals surface area contributed by atoms with Crippen LogP contribution in [0.25, 0.3) is 0 Å². The maximum absolute atomic E-state index is 15.1. The van der Waals surface area contributed by atoms with Crippen molar-refractivity contribution in [1.29, 1.82) is 0 Å². The molecule has 10 heteroatoms. The van der Waals surface area contributed by atoms with Gasteiger partial charge in [-0.25, -0.2) is 9.18 Å². The van der Waals surface area contributed by atoms with E-state index in [9.17, 15) is 20.0 Å². The molecule has 122 valence electrons. The van der Waals surface area contributed by atoms with Crippen molar-refractivity contribution in [3.05, 3.63) is 22.0 Å². The fraction of sp³-hybridized carbons (Fsp3) is 0.667. The largest absolute Gasteiger partial charge is 0.465 e. The third-order valence-electron chi connectivity index (χ3n) is 4.08. The van der Waals surface area contributed by atoms with Crippen molar-refractivity contribution in [1.82, 2.24) is 15.1 Å². The number of nitro groups is 1. The minimum Gasteiger partial charge on any atom is -0.465 e. The zero-order chi connectivity index (χ0) is 16.5. The second kappa shape index (κ2) is 5.52. The van der Waals surface area contributed by atoms with Crippen LogP contribution in [-0.4, -0.2) is 43.2 Å².